The second-order valence-electron chi connectivity index (χ2n) is 5.81. The number of carbonyl (C=O) groups excluding carboxylic acids is 1. The van der Waals surface area contributed by atoms with Crippen LogP contribution in [0, 0.1) is 0 Å². The van der Waals surface area contributed by atoms with Gasteiger partial charge >= 0.3 is 0 Å². The van der Waals surface area contributed by atoms with Crippen LogP contribution in [0.3, 0.4) is 0 Å². The molecule has 0 fully saturated rings. The zero-order valence-electron chi connectivity index (χ0n) is 14.4. The summed E-state index contributed by atoms with van der Waals surface area (Å²) in [5.41, 5.74) is 2.29. The Labute approximate surface area is 158 Å². The number of benzene rings is 2. The van der Waals surface area contributed by atoms with Crippen LogP contribution >= 0.6 is 11.3 Å². The number of methoxy groups -OCH3 is 1. The van der Waals surface area contributed by atoms with Gasteiger partial charge in [0.05, 0.1) is 18.4 Å². The fourth-order valence-corrected chi connectivity index (χ4v) is 3.50. The molecule has 2 aromatic heterocycles. The first-order chi connectivity index (χ1) is 13.1. The predicted octanol–water partition coefficient (Wildman–Crippen LogP) is 3.91. The molecule has 4 rings (SSSR count). The number of aromatic amines is 1. The molecule has 1 amide bonds. The van der Waals surface area contributed by atoms with Crippen molar-refractivity contribution in [3.8, 4) is 17.0 Å². The summed E-state index contributed by atoms with van der Waals surface area (Å²) in [6, 6.07) is 16.0. The van der Waals surface area contributed by atoms with Gasteiger partial charge in [-0.15, -0.1) is 11.3 Å². The molecule has 0 saturated heterocycles. The third-order valence-electron chi connectivity index (χ3n) is 4.11. The molecule has 0 aliphatic carbocycles. The smallest absolute Gasteiger partial charge is 0.258 e. The maximum atomic E-state index is 12.7. The highest BCUT2D eigenvalue weighted by Gasteiger charge is 2.14. The number of nitrogens with zero attached hydrogens (tertiary/aromatic N) is 1. The van der Waals surface area contributed by atoms with E-state index in [0.717, 1.165) is 17.0 Å². The summed E-state index contributed by atoms with van der Waals surface area (Å²) in [5, 5.41) is 5.80. The van der Waals surface area contributed by atoms with Gasteiger partial charge in [-0.1, -0.05) is 18.2 Å². The van der Waals surface area contributed by atoms with Crippen molar-refractivity contribution in [1.82, 2.24) is 9.97 Å². The van der Waals surface area contributed by atoms with Crippen LogP contribution in [-0.2, 0) is 0 Å². The lowest BCUT2D eigenvalue weighted by molar-refractivity contribution is 0.102. The van der Waals surface area contributed by atoms with Crippen molar-refractivity contribution >= 4 is 33.3 Å². The number of aromatic nitrogens is 2. The Morgan fingerprint density at radius 3 is 2.70 bits per heavy atom. The molecule has 27 heavy (non-hydrogen) atoms. The molecule has 6 nitrogen and oxygen atoms in total. The largest absolute Gasteiger partial charge is 0.497 e. The van der Waals surface area contributed by atoms with E-state index in [-0.39, 0.29) is 11.5 Å². The van der Waals surface area contributed by atoms with Gasteiger partial charge in [-0.3, -0.25) is 14.9 Å². The number of hydrogen-bond donors (Lipinski definition) is 2. The normalized spacial score (nSPS) is 10.7. The van der Waals surface area contributed by atoms with Gasteiger partial charge in [0.2, 0.25) is 5.56 Å². The fraction of sp³-hybridized carbons (Fsp3) is 0.0500. The Bertz CT molecular complexity index is 1180. The number of thiazole rings is 1. The molecule has 4 aromatic rings. The van der Waals surface area contributed by atoms with Crippen molar-refractivity contribution in [3.63, 3.8) is 0 Å². The Balaban J connectivity index is 1.61. The maximum Gasteiger partial charge on any atom is 0.258 e. The van der Waals surface area contributed by atoms with Crippen molar-refractivity contribution in [3.05, 3.63) is 75.9 Å². The number of amides is 1. The number of fused-ring (bicyclic) bond motifs is 1. The number of rotatable bonds is 4. The molecule has 2 heterocycles. The SMILES string of the molecule is COc1ccc(-c2csc(NC(=O)c3cc(=O)[nH]c4ccccc34)n2)cc1. The van der Waals surface area contributed by atoms with E-state index in [9.17, 15) is 9.59 Å². The molecule has 7 heteroatoms. The first-order valence-corrected chi connectivity index (χ1v) is 9.05. The number of H-pyrrole nitrogens is 1. The first kappa shape index (κ1) is 17.0. The molecular weight excluding hydrogens is 362 g/mol. The highest BCUT2D eigenvalue weighted by Crippen LogP contribution is 2.27. The minimum Gasteiger partial charge on any atom is -0.497 e. The van der Waals surface area contributed by atoms with Gasteiger partial charge in [-0.2, -0.15) is 0 Å². The molecule has 0 aliphatic rings. The summed E-state index contributed by atoms with van der Waals surface area (Å²) in [5.74, 6) is 0.400. The zero-order chi connectivity index (χ0) is 18.8. The lowest BCUT2D eigenvalue weighted by Gasteiger charge is -2.05. The third-order valence-corrected chi connectivity index (χ3v) is 4.86. The Hall–Kier alpha value is -3.45. The number of nitrogens with one attached hydrogen (secondary N) is 2. The molecule has 0 saturated carbocycles. The van der Waals surface area contributed by atoms with Gasteiger partial charge in [0.25, 0.3) is 5.91 Å². The predicted molar refractivity (Wildman–Crippen MR) is 107 cm³/mol. The fourth-order valence-electron chi connectivity index (χ4n) is 2.78. The molecule has 0 radical (unpaired) electrons. The molecule has 2 aromatic carbocycles. The Morgan fingerprint density at radius 2 is 1.93 bits per heavy atom. The van der Waals surface area contributed by atoms with Crippen LogP contribution in [0.2, 0.25) is 0 Å². The van der Waals surface area contributed by atoms with E-state index in [1.165, 1.54) is 17.4 Å². The second kappa shape index (κ2) is 7.05. The standard InChI is InChI=1S/C20H15N3O3S/c1-26-13-8-6-12(7-9-13)17-11-27-20(22-17)23-19(25)15-10-18(24)21-16-5-3-2-4-14(15)16/h2-11H,1H3,(H,21,24)(H,22,23,25). The van der Waals surface area contributed by atoms with Crippen LogP contribution in [-0.4, -0.2) is 23.0 Å². The van der Waals surface area contributed by atoms with Crippen molar-refractivity contribution in [1.29, 1.82) is 0 Å². The van der Waals surface area contributed by atoms with Crippen LogP contribution in [0.5, 0.6) is 5.75 Å². The van der Waals surface area contributed by atoms with E-state index in [1.807, 2.05) is 41.8 Å². The van der Waals surface area contributed by atoms with Gasteiger partial charge in [-0.05, 0) is 30.3 Å². The summed E-state index contributed by atoms with van der Waals surface area (Å²) >= 11 is 1.33. The number of pyridine rings is 1. The number of carbonyl (C=O) groups is 1. The van der Waals surface area contributed by atoms with Crippen LogP contribution in [0.1, 0.15) is 10.4 Å². The topological polar surface area (TPSA) is 84.1 Å². The van der Waals surface area contributed by atoms with Crippen molar-refractivity contribution in [2.24, 2.45) is 0 Å². The minimum atomic E-state index is -0.368. The number of hydrogen-bond acceptors (Lipinski definition) is 5. The van der Waals surface area contributed by atoms with Gasteiger partial charge in [0, 0.05) is 27.9 Å². The molecule has 0 atom stereocenters. The third kappa shape index (κ3) is 3.45. The summed E-state index contributed by atoms with van der Waals surface area (Å²) in [4.78, 5) is 31.7. The molecule has 2 N–H and O–H groups in total. The zero-order valence-corrected chi connectivity index (χ0v) is 15.2. The average molecular weight is 377 g/mol. The average Bonchev–Trinajstić information content (AvgIpc) is 3.15. The highest BCUT2D eigenvalue weighted by atomic mass is 32.1. The van der Waals surface area contributed by atoms with Crippen molar-refractivity contribution in [2.45, 2.75) is 0 Å². The van der Waals surface area contributed by atoms with Gasteiger partial charge in [0.1, 0.15) is 5.75 Å². The summed E-state index contributed by atoms with van der Waals surface area (Å²) < 4.78 is 5.15. The lowest BCUT2D eigenvalue weighted by Crippen LogP contribution is -2.16. The van der Waals surface area contributed by atoms with E-state index in [4.69, 9.17) is 4.74 Å². The summed E-state index contributed by atoms with van der Waals surface area (Å²) in [6.07, 6.45) is 0. The van der Waals surface area contributed by atoms with E-state index in [0.29, 0.717) is 21.6 Å². The molecular formula is C20H15N3O3S. The molecule has 0 bridgehead atoms. The highest BCUT2D eigenvalue weighted by molar-refractivity contribution is 7.14. The molecule has 0 spiro atoms. The van der Waals surface area contributed by atoms with Gasteiger partial charge in [0.15, 0.2) is 5.13 Å². The number of ether oxygens (including phenoxy) is 1. The van der Waals surface area contributed by atoms with E-state index < -0.39 is 0 Å². The number of anilines is 1. The minimum absolute atomic E-state index is 0.315. The molecule has 134 valence electrons. The van der Waals surface area contributed by atoms with Crippen LogP contribution in [0.15, 0.2) is 64.8 Å². The Kier molecular flexibility index (Phi) is 4.43. The van der Waals surface area contributed by atoms with E-state index in [2.05, 4.69) is 15.3 Å². The van der Waals surface area contributed by atoms with Crippen LogP contribution in [0.4, 0.5) is 5.13 Å². The van der Waals surface area contributed by atoms with E-state index >= 15 is 0 Å². The molecule has 0 aliphatic heterocycles. The van der Waals surface area contributed by atoms with Gasteiger partial charge < -0.3 is 9.72 Å². The molecule has 0 unspecified atom stereocenters. The van der Waals surface area contributed by atoms with Crippen LogP contribution in [0.25, 0.3) is 22.2 Å². The monoisotopic (exact) mass is 377 g/mol. The van der Waals surface area contributed by atoms with Crippen LogP contribution < -0.4 is 15.6 Å². The maximum absolute atomic E-state index is 12.7. The van der Waals surface area contributed by atoms with Crippen molar-refractivity contribution < 1.29 is 9.53 Å². The second-order valence-corrected chi connectivity index (χ2v) is 6.67. The number of para-hydroxylation sites is 1. The van der Waals surface area contributed by atoms with E-state index in [1.54, 1.807) is 19.2 Å². The summed E-state index contributed by atoms with van der Waals surface area (Å²) in [7, 11) is 1.61. The van der Waals surface area contributed by atoms with Crippen molar-refractivity contribution in [2.75, 3.05) is 12.4 Å². The first-order valence-electron chi connectivity index (χ1n) is 8.17. The van der Waals surface area contributed by atoms with Gasteiger partial charge in [-0.25, -0.2) is 4.98 Å². The lowest BCUT2D eigenvalue weighted by atomic mass is 10.1. The quantitative estimate of drug-likeness (QED) is 0.565. The Morgan fingerprint density at radius 1 is 1.15 bits per heavy atom. The summed E-state index contributed by atoms with van der Waals surface area (Å²) in [6.45, 7) is 0.